The first-order valence-electron chi connectivity index (χ1n) is 15.3. The molecule has 2 aliphatic heterocycles. The summed E-state index contributed by atoms with van der Waals surface area (Å²) in [6.45, 7) is 5.07. The van der Waals surface area contributed by atoms with Crippen LogP contribution in [0.25, 0.3) is 22.0 Å². The van der Waals surface area contributed by atoms with Gasteiger partial charge in [0.1, 0.15) is 5.82 Å². The van der Waals surface area contributed by atoms with Crippen molar-refractivity contribution in [3.63, 3.8) is 0 Å². The number of anilines is 1. The van der Waals surface area contributed by atoms with Gasteiger partial charge in [-0.1, -0.05) is 18.2 Å². The smallest absolute Gasteiger partial charge is 0.265 e. The zero-order chi connectivity index (χ0) is 30.4. The molecule has 7 rings (SSSR count). The Labute approximate surface area is 256 Å². The van der Waals surface area contributed by atoms with Gasteiger partial charge >= 0.3 is 0 Å². The number of likely N-dealkylation sites (N-methyl/N-ethyl adjacent to an activating group) is 2. The van der Waals surface area contributed by atoms with E-state index in [2.05, 4.69) is 38.9 Å². The first-order chi connectivity index (χ1) is 21.4. The zero-order valence-electron chi connectivity index (χ0n) is 25.2. The van der Waals surface area contributed by atoms with Crippen LogP contribution in [0.15, 0.2) is 76.8 Å². The van der Waals surface area contributed by atoms with E-state index in [0.717, 1.165) is 67.1 Å². The number of rotatable bonds is 6. The minimum absolute atomic E-state index is 0.0726. The molecule has 44 heavy (non-hydrogen) atoms. The van der Waals surface area contributed by atoms with Crippen LogP contribution >= 0.6 is 0 Å². The molecule has 0 atom stereocenters. The van der Waals surface area contributed by atoms with Crippen LogP contribution in [-0.2, 0) is 6.61 Å². The van der Waals surface area contributed by atoms with Crippen LogP contribution in [-0.4, -0.2) is 83.5 Å². The second-order valence-electron chi connectivity index (χ2n) is 12.3. The highest BCUT2D eigenvalue weighted by molar-refractivity contribution is 6.05. The molecule has 8 nitrogen and oxygen atoms in total. The van der Waals surface area contributed by atoms with Crippen molar-refractivity contribution in [3.8, 4) is 5.69 Å². The predicted molar refractivity (Wildman–Crippen MR) is 174 cm³/mol. The number of halogens is 1. The summed E-state index contributed by atoms with van der Waals surface area (Å²) in [5, 5.41) is 11.3. The third-order valence-corrected chi connectivity index (χ3v) is 9.01. The second-order valence-corrected chi connectivity index (χ2v) is 12.3. The number of aromatic nitrogens is 2. The van der Waals surface area contributed by atoms with Gasteiger partial charge in [0, 0.05) is 51.0 Å². The lowest BCUT2D eigenvalue weighted by atomic mass is 9.94. The minimum Gasteiger partial charge on any atom is -0.392 e. The summed E-state index contributed by atoms with van der Waals surface area (Å²) in [5.41, 5.74) is 5.45. The topological polar surface area (TPSA) is 77.2 Å². The molecule has 0 spiro atoms. The van der Waals surface area contributed by atoms with Crippen LogP contribution in [0.1, 0.15) is 35.4 Å². The number of aliphatic hydroxyl groups excluding tert-OH is 1. The van der Waals surface area contributed by atoms with Gasteiger partial charge in [-0.2, -0.15) is 0 Å². The average molecular weight is 593 g/mol. The van der Waals surface area contributed by atoms with Crippen LogP contribution in [0, 0.1) is 5.82 Å². The lowest BCUT2D eigenvalue weighted by Crippen LogP contribution is -2.44. The van der Waals surface area contributed by atoms with Gasteiger partial charge in [-0.3, -0.25) is 14.3 Å². The molecule has 0 radical (unpaired) electrons. The molecule has 0 amide bonds. The van der Waals surface area contributed by atoms with Crippen LogP contribution in [0.2, 0.25) is 0 Å². The molecule has 1 N–H and O–H groups in total. The van der Waals surface area contributed by atoms with Crippen molar-refractivity contribution in [1.29, 1.82) is 0 Å². The fourth-order valence-corrected chi connectivity index (χ4v) is 6.45. The van der Waals surface area contributed by atoms with E-state index >= 15 is 4.39 Å². The Balaban J connectivity index is 1.22. The number of hydrogen-bond donors (Lipinski definition) is 1. The fraction of sp³-hybridized carbons (Fsp3) is 0.343. The highest BCUT2D eigenvalue weighted by Gasteiger charge is 2.26. The molecule has 1 saturated carbocycles. The van der Waals surface area contributed by atoms with Gasteiger partial charge < -0.3 is 14.9 Å². The summed E-state index contributed by atoms with van der Waals surface area (Å²) >= 11 is 0. The Morgan fingerprint density at radius 1 is 1.00 bits per heavy atom. The van der Waals surface area contributed by atoms with E-state index in [1.54, 1.807) is 18.3 Å². The van der Waals surface area contributed by atoms with E-state index in [1.165, 1.54) is 10.6 Å². The summed E-state index contributed by atoms with van der Waals surface area (Å²) in [6.07, 6.45) is 7.76. The third-order valence-electron chi connectivity index (χ3n) is 9.01. The number of hydrogen-bond acceptors (Lipinski definition) is 7. The number of aliphatic hydroxyl groups is 1. The second kappa shape index (κ2) is 11.7. The molecule has 226 valence electrons. The summed E-state index contributed by atoms with van der Waals surface area (Å²) in [5.74, 6) is 0.546. The molecule has 3 aliphatic rings. The molecular formula is C35H37FN6O2. The molecule has 2 aromatic heterocycles. The number of aliphatic imine (C=N–C) groups is 1. The minimum atomic E-state index is -0.493. The molecular weight excluding hydrogens is 555 g/mol. The van der Waals surface area contributed by atoms with Crippen LogP contribution in [0.4, 0.5) is 15.9 Å². The molecule has 4 aromatic rings. The van der Waals surface area contributed by atoms with Gasteiger partial charge in [-0.05, 0) is 91.3 Å². The van der Waals surface area contributed by atoms with E-state index in [0.29, 0.717) is 41.5 Å². The SMILES string of the molecule is CN1CCN(c2ccc(N=C3C=C(c4cccc(-n5ccc6cc(C7CC7)cc(F)c6c5=O)c4CO)CN(C)C3)nc2)CC1. The Morgan fingerprint density at radius 2 is 1.82 bits per heavy atom. The number of nitrogens with zero attached hydrogens (tertiary/aromatic N) is 6. The molecule has 0 unspecified atom stereocenters. The number of pyridine rings is 2. The van der Waals surface area contributed by atoms with E-state index in [1.807, 2.05) is 37.5 Å². The quantitative estimate of drug-likeness (QED) is 0.349. The van der Waals surface area contributed by atoms with Crippen molar-refractivity contribution in [1.82, 2.24) is 19.4 Å². The van der Waals surface area contributed by atoms with Gasteiger partial charge in [0.15, 0.2) is 5.82 Å². The van der Waals surface area contributed by atoms with Gasteiger partial charge in [0.05, 0.1) is 35.3 Å². The van der Waals surface area contributed by atoms with E-state index in [9.17, 15) is 9.90 Å². The van der Waals surface area contributed by atoms with Crippen LogP contribution in [0.5, 0.6) is 0 Å². The van der Waals surface area contributed by atoms with E-state index in [-0.39, 0.29) is 12.0 Å². The van der Waals surface area contributed by atoms with Gasteiger partial charge in [-0.15, -0.1) is 0 Å². The van der Waals surface area contributed by atoms with E-state index < -0.39 is 11.4 Å². The lowest BCUT2D eigenvalue weighted by Gasteiger charge is -2.33. The highest BCUT2D eigenvalue weighted by atomic mass is 19.1. The van der Waals surface area contributed by atoms with Crippen molar-refractivity contribution >= 4 is 33.6 Å². The zero-order valence-corrected chi connectivity index (χ0v) is 25.2. The number of fused-ring (bicyclic) bond motifs is 1. The fourth-order valence-electron chi connectivity index (χ4n) is 6.45. The highest BCUT2D eigenvalue weighted by Crippen LogP contribution is 2.41. The summed E-state index contributed by atoms with van der Waals surface area (Å²) in [4.78, 5) is 30.0. The van der Waals surface area contributed by atoms with E-state index in [4.69, 9.17) is 4.99 Å². The monoisotopic (exact) mass is 592 g/mol. The lowest BCUT2D eigenvalue weighted by molar-refractivity contribution is 0.281. The Kier molecular flexibility index (Phi) is 7.62. The Morgan fingerprint density at radius 3 is 2.55 bits per heavy atom. The normalized spacial score (nSPS) is 19.1. The molecule has 0 bridgehead atoms. The van der Waals surface area contributed by atoms with Crippen molar-refractivity contribution in [2.75, 3.05) is 58.3 Å². The molecule has 2 aromatic carbocycles. The van der Waals surface area contributed by atoms with Crippen molar-refractivity contribution in [2.45, 2.75) is 25.4 Å². The Bertz CT molecular complexity index is 1840. The Hall–Kier alpha value is -4.18. The first kappa shape index (κ1) is 28.6. The van der Waals surface area contributed by atoms with Crippen LogP contribution < -0.4 is 10.5 Å². The first-order valence-corrected chi connectivity index (χ1v) is 15.3. The molecule has 1 aliphatic carbocycles. The van der Waals surface area contributed by atoms with Crippen LogP contribution in [0.3, 0.4) is 0 Å². The average Bonchev–Trinajstić information content (AvgIpc) is 3.87. The number of piperazine rings is 1. The van der Waals surface area contributed by atoms with Gasteiger partial charge in [-0.25, -0.2) is 14.4 Å². The maximum absolute atomic E-state index is 15.2. The van der Waals surface area contributed by atoms with Crippen molar-refractivity contribution in [2.24, 2.45) is 4.99 Å². The van der Waals surface area contributed by atoms with Gasteiger partial charge in [0.2, 0.25) is 0 Å². The largest absolute Gasteiger partial charge is 0.392 e. The third kappa shape index (κ3) is 5.58. The molecule has 9 heteroatoms. The maximum Gasteiger partial charge on any atom is 0.265 e. The maximum atomic E-state index is 15.2. The standard InChI is InChI=1S/C35H37FN6O2/c1-39-12-14-41(15-13-39)28-8-9-33(37-19-28)38-27-17-26(20-40(2)21-27)29-4-3-5-32(30(29)22-43)42-11-10-24-16-25(23-6-7-23)18-31(36)34(24)35(42)44/h3-5,8-11,16-19,23,43H,6-7,12-15,20-22H2,1-2H3. The molecule has 4 heterocycles. The predicted octanol–water partition coefficient (Wildman–Crippen LogP) is 4.75. The number of benzene rings is 2. The summed E-state index contributed by atoms with van der Waals surface area (Å²) in [6, 6.07) is 14.9. The molecule has 1 saturated heterocycles. The van der Waals surface area contributed by atoms with Crippen molar-refractivity contribution < 1.29 is 9.50 Å². The van der Waals surface area contributed by atoms with Crippen molar-refractivity contribution in [3.05, 3.63) is 99.9 Å². The molecule has 2 fully saturated rings. The summed E-state index contributed by atoms with van der Waals surface area (Å²) in [7, 11) is 4.17. The van der Waals surface area contributed by atoms with Gasteiger partial charge in [0.25, 0.3) is 5.56 Å². The summed E-state index contributed by atoms with van der Waals surface area (Å²) < 4.78 is 16.7.